The third-order valence-corrected chi connectivity index (χ3v) is 5.25. The van der Waals surface area contributed by atoms with E-state index < -0.39 is 0 Å². The minimum absolute atomic E-state index is 0.0947. The van der Waals surface area contributed by atoms with Gasteiger partial charge in [0, 0.05) is 19.0 Å². The molecule has 2 heterocycles. The van der Waals surface area contributed by atoms with Crippen LogP contribution in [0.15, 0.2) is 59.5 Å². The minimum atomic E-state index is -0.322. The Labute approximate surface area is 184 Å². The first kappa shape index (κ1) is 21.1. The molecule has 1 amide bonds. The molecule has 0 aliphatic heterocycles. The lowest BCUT2D eigenvalue weighted by Crippen LogP contribution is -2.32. The van der Waals surface area contributed by atoms with Crippen LogP contribution >= 0.6 is 0 Å². The van der Waals surface area contributed by atoms with Crippen molar-refractivity contribution in [3.8, 4) is 0 Å². The molecule has 2 aromatic heterocycles. The second kappa shape index (κ2) is 8.93. The van der Waals surface area contributed by atoms with E-state index in [1.165, 1.54) is 15.0 Å². The van der Waals surface area contributed by atoms with Gasteiger partial charge >= 0.3 is 5.56 Å². The number of nitrogens with two attached hydrogens (primary N) is 1. The highest BCUT2D eigenvalue weighted by Gasteiger charge is 2.16. The first-order valence-electron chi connectivity index (χ1n) is 10.3. The van der Waals surface area contributed by atoms with Crippen LogP contribution < -0.4 is 21.9 Å². The van der Waals surface area contributed by atoms with E-state index in [0.717, 1.165) is 12.0 Å². The summed E-state index contributed by atoms with van der Waals surface area (Å²) in [5.74, 6) is 0.424. The van der Waals surface area contributed by atoms with Crippen molar-refractivity contribution in [1.82, 2.24) is 24.9 Å². The van der Waals surface area contributed by atoms with Crippen LogP contribution in [0.5, 0.6) is 0 Å². The van der Waals surface area contributed by atoms with Crippen LogP contribution in [-0.2, 0) is 17.6 Å². The minimum Gasteiger partial charge on any atom is -0.382 e. The van der Waals surface area contributed by atoms with E-state index in [4.69, 9.17) is 5.73 Å². The summed E-state index contributed by atoms with van der Waals surface area (Å²) in [6, 6.07) is 15.5. The molecule has 0 fully saturated rings. The summed E-state index contributed by atoms with van der Waals surface area (Å²) in [4.78, 5) is 30.7. The van der Waals surface area contributed by atoms with Gasteiger partial charge in [-0.2, -0.15) is 9.47 Å². The molecular formula is C23H25N7O2. The van der Waals surface area contributed by atoms with Crippen molar-refractivity contribution < 1.29 is 4.79 Å². The molecule has 0 bridgehead atoms. The van der Waals surface area contributed by atoms with Gasteiger partial charge in [0.2, 0.25) is 5.91 Å². The Morgan fingerprint density at radius 1 is 1.12 bits per heavy atom. The second-order valence-electron chi connectivity index (χ2n) is 7.50. The fourth-order valence-corrected chi connectivity index (χ4v) is 3.56. The van der Waals surface area contributed by atoms with Crippen LogP contribution in [0, 0.1) is 6.92 Å². The molecule has 0 saturated carbocycles. The number of nitrogen functional groups attached to an aromatic ring is 1. The van der Waals surface area contributed by atoms with Crippen LogP contribution in [0.2, 0.25) is 0 Å². The lowest BCUT2D eigenvalue weighted by molar-refractivity contribution is -0.119. The summed E-state index contributed by atoms with van der Waals surface area (Å²) in [7, 11) is 1.59. The second-order valence-corrected chi connectivity index (χ2v) is 7.50. The first-order valence-corrected chi connectivity index (χ1v) is 10.3. The van der Waals surface area contributed by atoms with Gasteiger partial charge in [0.25, 0.3) is 0 Å². The van der Waals surface area contributed by atoms with Crippen molar-refractivity contribution in [1.29, 1.82) is 0 Å². The molecular weight excluding hydrogens is 406 g/mol. The van der Waals surface area contributed by atoms with E-state index in [1.54, 1.807) is 20.2 Å². The van der Waals surface area contributed by atoms with E-state index in [9.17, 15) is 9.59 Å². The van der Waals surface area contributed by atoms with Crippen LogP contribution in [0.25, 0.3) is 10.9 Å². The van der Waals surface area contributed by atoms with Crippen LogP contribution in [0.4, 0.5) is 11.6 Å². The smallest absolute Gasteiger partial charge is 0.313 e. The fourth-order valence-electron chi connectivity index (χ4n) is 3.56. The van der Waals surface area contributed by atoms with Gasteiger partial charge in [-0.15, -0.1) is 5.10 Å². The Bertz CT molecular complexity index is 1330. The number of rotatable bonds is 7. The molecule has 0 spiro atoms. The van der Waals surface area contributed by atoms with Gasteiger partial charge in [0.1, 0.15) is 0 Å². The molecule has 9 heteroatoms. The Hall–Kier alpha value is -4.14. The largest absolute Gasteiger partial charge is 0.382 e. The van der Waals surface area contributed by atoms with Gasteiger partial charge in [0.05, 0.1) is 23.8 Å². The highest BCUT2D eigenvalue weighted by atomic mass is 16.1. The van der Waals surface area contributed by atoms with E-state index >= 15 is 0 Å². The average Bonchev–Trinajstić information content (AvgIpc) is 3.11. The first-order chi connectivity index (χ1) is 15.5. The number of hydrogen-bond donors (Lipinski definition) is 3. The molecule has 164 valence electrons. The summed E-state index contributed by atoms with van der Waals surface area (Å²) in [5, 5.41) is 10.8. The number of benzene rings is 2. The highest BCUT2D eigenvalue weighted by Crippen LogP contribution is 2.22. The summed E-state index contributed by atoms with van der Waals surface area (Å²) < 4.78 is 1.44. The zero-order chi connectivity index (χ0) is 22.7. The van der Waals surface area contributed by atoms with Gasteiger partial charge in [0.15, 0.2) is 11.6 Å². The number of carbonyl (C=O) groups is 1. The third kappa shape index (κ3) is 4.18. The number of aryl methyl sites for hydroxylation is 1. The summed E-state index contributed by atoms with van der Waals surface area (Å²) in [5.41, 5.74) is 9.09. The molecule has 0 atom stereocenters. The molecule has 4 rings (SSSR count). The van der Waals surface area contributed by atoms with Gasteiger partial charge < -0.3 is 16.4 Å². The van der Waals surface area contributed by atoms with Gasteiger partial charge in [-0.3, -0.25) is 9.59 Å². The van der Waals surface area contributed by atoms with Gasteiger partial charge in [-0.05, 0) is 36.6 Å². The maximum atomic E-state index is 13.2. The number of hydrogen-bond acceptors (Lipinski definition) is 6. The molecule has 32 heavy (non-hydrogen) atoms. The molecule has 9 nitrogen and oxygen atoms in total. The Kier molecular flexibility index (Phi) is 5.89. The number of aromatic nitrogens is 4. The predicted molar refractivity (Wildman–Crippen MR) is 125 cm³/mol. The quantitative estimate of drug-likeness (QED) is 0.410. The molecule has 0 unspecified atom stereocenters. The Balaban J connectivity index is 1.66. The number of amides is 1. The highest BCUT2D eigenvalue weighted by molar-refractivity contribution is 5.90. The fraction of sp³-hybridized carbons (Fsp3) is 0.217. The van der Waals surface area contributed by atoms with Crippen molar-refractivity contribution in [3.63, 3.8) is 0 Å². The lowest BCUT2D eigenvalue weighted by atomic mass is 10.1. The van der Waals surface area contributed by atoms with Gasteiger partial charge in [-0.1, -0.05) is 36.4 Å². The van der Waals surface area contributed by atoms with E-state index in [-0.39, 0.29) is 29.5 Å². The van der Waals surface area contributed by atoms with Gasteiger partial charge in [-0.25, -0.2) is 4.98 Å². The number of carbonyl (C=O) groups excluding carboxylic acids is 1. The number of nitrogens with zero attached hydrogens (tertiary/aromatic N) is 4. The number of anilines is 2. The molecule has 0 radical (unpaired) electrons. The number of fused-ring (bicyclic) bond motifs is 1. The number of nitrogens with one attached hydrogen (secondary N) is 2. The van der Waals surface area contributed by atoms with Crippen molar-refractivity contribution in [3.05, 3.63) is 81.9 Å². The zero-order valence-electron chi connectivity index (χ0n) is 18.0. The molecule has 4 aromatic rings. The standard InChI is InChI=1S/C23H25N7O2/c1-15-14-27-22(26-11-10-16-6-4-3-5-7-16)23(32)29(15)30-19-9-8-17(13-20(31)25-2)12-18(19)21(24)28-30/h3-9,12,14H,10-11,13H2,1-2H3,(H2,24,28)(H,25,31)(H,26,27). The van der Waals surface area contributed by atoms with Crippen molar-refractivity contribution in [2.24, 2.45) is 0 Å². The Morgan fingerprint density at radius 3 is 2.66 bits per heavy atom. The van der Waals surface area contributed by atoms with E-state index in [2.05, 4.69) is 20.7 Å². The lowest BCUT2D eigenvalue weighted by Gasteiger charge is -2.13. The summed E-state index contributed by atoms with van der Waals surface area (Å²) in [6.07, 6.45) is 2.62. The monoisotopic (exact) mass is 431 g/mol. The topological polar surface area (TPSA) is 120 Å². The maximum absolute atomic E-state index is 13.2. The SMILES string of the molecule is CNC(=O)Cc1ccc2c(c1)c(N)nn2-n1c(C)cnc(NCCc2ccccc2)c1=O. The van der Waals surface area contributed by atoms with E-state index in [0.29, 0.717) is 23.1 Å². The number of likely N-dealkylation sites (N-methyl/N-ethyl adjacent to an activating group) is 1. The van der Waals surface area contributed by atoms with Crippen molar-refractivity contribution in [2.75, 3.05) is 24.6 Å². The maximum Gasteiger partial charge on any atom is 0.313 e. The molecule has 0 aliphatic rings. The molecule has 4 N–H and O–H groups in total. The van der Waals surface area contributed by atoms with Crippen molar-refractivity contribution >= 4 is 28.4 Å². The molecule has 0 aliphatic carbocycles. The average molecular weight is 432 g/mol. The normalized spacial score (nSPS) is 10.9. The van der Waals surface area contributed by atoms with Crippen LogP contribution in [0.1, 0.15) is 16.8 Å². The van der Waals surface area contributed by atoms with Crippen molar-refractivity contribution in [2.45, 2.75) is 19.8 Å². The summed E-state index contributed by atoms with van der Waals surface area (Å²) in [6.45, 7) is 2.35. The molecule has 2 aromatic carbocycles. The molecule has 0 saturated heterocycles. The van der Waals surface area contributed by atoms with Crippen LogP contribution in [0.3, 0.4) is 0 Å². The van der Waals surface area contributed by atoms with Crippen LogP contribution in [-0.4, -0.2) is 39.0 Å². The summed E-state index contributed by atoms with van der Waals surface area (Å²) >= 11 is 0. The predicted octanol–water partition coefficient (Wildman–Crippen LogP) is 1.74. The third-order valence-electron chi connectivity index (χ3n) is 5.25. The zero-order valence-corrected chi connectivity index (χ0v) is 18.0. The van der Waals surface area contributed by atoms with E-state index in [1.807, 2.05) is 48.5 Å². The Morgan fingerprint density at radius 2 is 1.91 bits per heavy atom.